The van der Waals surface area contributed by atoms with Crippen LogP contribution in [0.3, 0.4) is 0 Å². The number of benzene rings is 2. The summed E-state index contributed by atoms with van der Waals surface area (Å²) in [5, 5.41) is 4.24. The second-order valence-electron chi connectivity index (χ2n) is 7.32. The first-order chi connectivity index (χ1) is 15.7. The molecular formula is C22H17ClF3N3O4. The van der Waals surface area contributed by atoms with Gasteiger partial charge in [-0.25, -0.2) is 9.59 Å². The number of anilines is 1. The Kier molecular flexibility index (Phi) is 6.03. The lowest BCUT2D eigenvalue weighted by atomic mass is 10.0. The summed E-state index contributed by atoms with van der Waals surface area (Å²) in [6, 6.07) is 11.5. The Bertz CT molecular complexity index is 1180. The third-order valence-corrected chi connectivity index (χ3v) is 5.44. The average molecular weight is 480 g/mol. The highest BCUT2D eigenvalue weighted by atomic mass is 35.5. The number of esters is 1. The van der Waals surface area contributed by atoms with Crippen molar-refractivity contribution in [1.82, 2.24) is 10.1 Å². The molecule has 0 N–H and O–H groups in total. The van der Waals surface area contributed by atoms with Crippen molar-refractivity contribution in [3.8, 4) is 0 Å². The van der Waals surface area contributed by atoms with Crippen LogP contribution < -0.4 is 4.90 Å². The summed E-state index contributed by atoms with van der Waals surface area (Å²) >= 11 is 5.96. The summed E-state index contributed by atoms with van der Waals surface area (Å²) in [4.78, 5) is 27.7. The highest BCUT2D eigenvalue weighted by molar-refractivity contribution is 6.30. The van der Waals surface area contributed by atoms with E-state index in [4.69, 9.17) is 16.1 Å². The van der Waals surface area contributed by atoms with E-state index in [1.165, 1.54) is 29.0 Å². The largest absolute Gasteiger partial charge is 0.463 e. The van der Waals surface area contributed by atoms with Crippen molar-refractivity contribution in [3.63, 3.8) is 0 Å². The Labute approximate surface area is 191 Å². The number of carbonyl (C=O) groups is 2. The highest BCUT2D eigenvalue weighted by Crippen LogP contribution is 2.38. The van der Waals surface area contributed by atoms with Gasteiger partial charge in [0.15, 0.2) is 0 Å². The van der Waals surface area contributed by atoms with Crippen molar-refractivity contribution in [2.75, 3.05) is 18.6 Å². The number of rotatable bonds is 5. The lowest BCUT2D eigenvalue weighted by Crippen LogP contribution is -2.32. The minimum atomic E-state index is -4.52. The minimum Gasteiger partial charge on any atom is -0.463 e. The maximum Gasteiger partial charge on any atom is 0.416 e. The van der Waals surface area contributed by atoms with E-state index in [-0.39, 0.29) is 18.8 Å². The molecule has 1 aliphatic heterocycles. The van der Waals surface area contributed by atoms with E-state index in [1.54, 1.807) is 30.3 Å². The molecule has 33 heavy (non-hydrogen) atoms. The zero-order valence-corrected chi connectivity index (χ0v) is 17.9. The molecule has 0 spiro atoms. The molecule has 1 atom stereocenters. The number of hydrogen-bond donors (Lipinski definition) is 0. The van der Waals surface area contributed by atoms with Crippen LogP contribution in [0, 0.1) is 0 Å². The molecule has 1 unspecified atom stereocenters. The fraction of sp³-hybridized carbons (Fsp3) is 0.227. The van der Waals surface area contributed by atoms with Gasteiger partial charge in [-0.3, -0.25) is 4.90 Å². The van der Waals surface area contributed by atoms with Gasteiger partial charge in [0.2, 0.25) is 5.76 Å². The van der Waals surface area contributed by atoms with Crippen LogP contribution in [-0.2, 0) is 17.5 Å². The zero-order valence-electron chi connectivity index (χ0n) is 17.2. The van der Waals surface area contributed by atoms with Crippen LogP contribution in [0.4, 0.5) is 23.7 Å². The monoisotopic (exact) mass is 479 g/mol. The summed E-state index contributed by atoms with van der Waals surface area (Å²) < 4.78 is 49.4. The van der Waals surface area contributed by atoms with Gasteiger partial charge in [-0.15, -0.1) is 0 Å². The summed E-state index contributed by atoms with van der Waals surface area (Å²) in [6.07, 6.45) is -4.52. The Morgan fingerprint density at radius 2 is 1.94 bits per heavy atom. The lowest BCUT2D eigenvalue weighted by molar-refractivity contribution is -0.137. The molecule has 0 saturated carbocycles. The molecule has 3 aromatic rings. The van der Waals surface area contributed by atoms with Crippen LogP contribution in [0.25, 0.3) is 0 Å². The molecule has 0 bridgehead atoms. The summed E-state index contributed by atoms with van der Waals surface area (Å²) in [6.45, 7) is 0.0715. The molecule has 1 aromatic heterocycles. The van der Waals surface area contributed by atoms with Crippen LogP contribution >= 0.6 is 11.6 Å². The fourth-order valence-electron chi connectivity index (χ4n) is 3.63. The number of alkyl halides is 3. The minimum absolute atomic E-state index is 0.0150. The van der Waals surface area contributed by atoms with Crippen molar-refractivity contribution < 1.29 is 32.0 Å². The van der Waals surface area contributed by atoms with E-state index in [2.05, 4.69) is 9.89 Å². The Hall–Kier alpha value is -3.53. The van der Waals surface area contributed by atoms with E-state index in [9.17, 15) is 22.8 Å². The van der Waals surface area contributed by atoms with E-state index < -0.39 is 29.8 Å². The number of methoxy groups -OCH3 is 1. The number of carbonyl (C=O) groups excluding carboxylic acids is 2. The molecule has 2 amide bonds. The third kappa shape index (κ3) is 4.65. The van der Waals surface area contributed by atoms with Crippen molar-refractivity contribution in [1.29, 1.82) is 0 Å². The van der Waals surface area contributed by atoms with Crippen LogP contribution in [0.2, 0.25) is 5.02 Å². The van der Waals surface area contributed by atoms with Gasteiger partial charge >= 0.3 is 18.2 Å². The molecule has 2 aromatic carbocycles. The van der Waals surface area contributed by atoms with Gasteiger partial charge in [0.25, 0.3) is 0 Å². The van der Waals surface area contributed by atoms with Gasteiger partial charge in [0, 0.05) is 23.3 Å². The molecule has 1 aliphatic rings. The molecular weight excluding hydrogens is 463 g/mol. The maximum atomic E-state index is 13.3. The number of hydrogen-bond acceptors (Lipinski definition) is 5. The number of halogens is 4. The SMILES string of the molecule is COC(=O)c1cc(CN2CC(c3cccc(C(F)(F)F)c3)N(c3ccc(Cl)cc3)C2=O)no1. The lowest BCUT2D eigenvalue weighted by Gasteiger charge is -2.24. The van der Waals surface area contributed by atoms with Gasteiger partial charge < -0.3 is 14.2 Å². The van der Waals surface area contributed by atoms with Crippen LogP contribution in [0.15, 0.2) is 59.1 Å². The van der Waals surface area contributed by atoms with Crippen molar-refractivity contribution in [3.05, 3.63) is 82.2 Å². The van der Waals surface area contributed by atoms with Crippen LogP contribution in [0.1, 0.15) is 33.4 Å². The fourth-order valence-corrected chi connectivity index (χ4v) is 3.76. The van der Waals surface area contributed by atoms with E-state index in [0.29, 0.717) is 22.0 Å². The molecule has 1 fully saturated rings. The third-order valence-electron chi connectivity index (χ3n) is 5.18. The first-order valence-corrected chi connectivity index (χ1v) is 10.1. The summed E-state index contributed by atoms with van der Waals surface area (Å²) in [5.74, 6) is -0.839. The van der Waals surface area contributed by atoms with Crippen LogP contribution in [-0.4, -0.2) is 35.7 Å². The van der Waals surface area contributed by atoms with Gasteiger partial charge in [0.05, 0.1) is 25.3 Å². The van der Waals surface area contributed by atoms with Gasteiger partial charge in [-0.05, 0) is 42.0 Å². The summed E-state index contributed by atoms with van der Waals surface area (Å²) in [7, 11) is 1.19. The Morgan fingerprint density at radius 3 is 2.61 bits per heavy atom. The topological polar surface area (TPSA) is 75.9 Å². The quantitative estimate of drug-likeness (QED) is 0.463. The molecule has 7 nitrogen and oxygen atoms in total. The Morgan fingerprint density at radius 1 is 1.21 bits per heavy atom. The van der Waals surface area contributed by atoms with Crippen molar-refractivity contribution in [2.24, 2.45) is 0 Å². The van der Waals surface area contributed by atoms with E-state index in [0.717, 1.165) is 12.1 Å². The van der Waals surface area contributed by atoms with Crippen LogP contribution in [0.5, 0.6) is 0 Å². The molecule has 0 aliphatic carbocycles. The smallest absolute Gasteiger partial charge is 0.416 e. The number of urea groups is 1. The highest BCUT2D eigenvalue weighted by Gasteiger charge is 2.40. The average Bonchev–Trinajstić information content (AvgIpc) is 3.39. The predicted octanol–water partition coefficient (Wildman–Crippen LogP) is 5.32. The second kappa shape index (κ2) is 8.78. The standard InChI is InChI=1S/C22H17ClF3N3O4/c1-32-20(30)19-10-16(27-33-19)11-28-12-18(13-3-2-4-14(9-13)22(24,25)26)29(21(28)31)17-7-5-15(23)6-8-17/h2-10,18H,11-12H2,1H3. The number of aromatic nitrogens is 1. The number of ether oxygens (including phenoxy) is 1. The number of nitrogens with zero attached hydrogens (tertiary/aromatic N) is 3. The predicted molar refractivity (Wildman–Crippen MR) is 112 cm³/mol. The maximum absolute atomic E-state index is 13.3. The molecule has 4 rings (SSSR count). The van der Waals surface area contributed by atoms with Crippen molar-refractivity contribution in [2.45, 2.75) is 18.8 Å². The molecule has 2 heterocycles. The van der Waals surface area contributed by atoms with Gasteiger partial charge in [-0.1, -0.05) is 28.9 Å². The molecule has 0 radical (unpaired) electrons. The zero-order chi connectivity index (χ0) is 23.8. The Balaban J connectivity index is 1.68. The van der Waals surface area contributed by atoms with Gasteiger partial charge in [0.1, 0.15) is 5.69 Å². The first kappa shape index (κ1) is 22.7. The first-order valence-electron chi connectivity index (χ1n) is 9.72. The van der Waals surface area contributed by atoms with E-state index in [1.807, 2.05) is 0 Å². The van der Waals surface area contributed by atoms with Gasteiger partial charge in [-0.2, -0.15) is 13.2 Å². The molecule has 172 valence electrons. The van der Waals surface area contributed by atoms with E-state index >= 15 is 0 Å². The normalized spacial score (nSPS) is 16.4. The summed E-state index contributed by atoms with van der Waals surface area (Å²) in [5.41, 5.74) is 0.293. The molecule has 11 heteroatoms. The number of amides is 2. The second-order valence-corrected chi connectivity index (χ2v) is 7.76. The van der Waals surface area contributed by atoms with Crippen molar-refractivity contribution >= 4 is 29.3 Å². The molecule has 1 saturated heterocycles.